The van der Waals surface area contributed by atoms with Gasteiger partial charge in [0.05, 0.1) is 22.7 Å². The van der Waals surface area contributed by atoms with Gasteiger partial charge in [0.1, 0.15) is 0 Å². The van der Waals surface area contributed by atoms with E-state index in [1.165, 1.54) is 11.4 Å². The number of aliphatic hydroxyl groups is 1. The molecule has 2 unspecified atom stereocenters. The van der Waals surface area contributed by atoms with Crippen LogP contribution in [0.3, 0.4) is 0 Å². The summed E-state index contributed by atoms with van der Waals surface area (Å²) in [4.78, 5) is 0.186. The number of sulfonamides is 1. The molecule has 1 aliphatic heterocycles. The lowest BCUT2D eigenvalue weighted by molar-refractivity contribution is 0.0890. The Labute approximate surface area is 136 Å². The maximum absolute atomic E-state index is 12.7. The van der Waals surface area contributed by atoms with Crippen LogP contribution in [0.1, 0.15) is 28.6 Å². The fourth-order valence-electron chi connectivity index (χ4n) is 3.26. The minimum Gasteiger partial charge on any atom is -0.387 e. The Balaban J connectivity index is 2.07. The van der Waals surface area contributed by atoms with E-state index >= 15 is 0 Å². The lowest BCUT2D eigenvalue weighted by Gasteiger charge is -2.37. The van der Waals surface area contributed by atoms with E-state index in [1.54, 1.807) is 28.9 Å². The molecule has 0 amide bonds. The molecule has 0 saturated heterocycles. The highest BCUT2D eigenvalue weighted by Gasteiger charge is 2.41. The summed E-state index contributed by atoms with van der Waals surface area (Å²) in [5.74, 6) is 0. The first-order valence-electron chi connectivity index (χ1n) is 7.49. The molecule has 1 N–H and O–H groups in total. The van der Waals surface area contributed by atoms with Crippen molar-refractivity contribution in [2.75, 3.05) is 7.05 Å². The van der Waals surface area contributed by atoms with Crippen molar-refractivity contribution in [3.8, 4) is 0 Å². The lowest BCUT2D eigenvalue weighted by atomic mass is 9.95. The molecule has 0 spiro atoms. The van der Waals surface area contributed by atoms with Gasteiger partial charge in [0.15, 0.2) is 0 Å². The normalized spacial score (nSPS) is 23.7. The zero-order valence-electron chi connectivity index (χ0n) is 13.7. The molecule has 0 aliphatic carbocycles. The Bertz CT molecular complexity index is 857. The number of benzene rings is 1. The fraction of sp³-hybridized carbons (Fsp3) is 0.438. The standard InChI is InChI=1S/C16H21N3O3S/c1-10-13(11(2)18(3)17-10)9-14-16(20)12-7-5-6-8-15(12)23(21,22)19(14)4/h5-8,14,16,20H,9H2,1-4H3. The molecule has 0 fully saturated rings. The van der Waals surface area contributed by atoms with E-state index in [1.807, 2.05) is 20.9 Å². The van der Waals surface area contributed by atoms with Gasteiger partial charge in [-0.15, -0.1) is 0 Å². The topological polar surface area (TPSA) is 75.4 Å². The number of aliphatic hydroxyl groups excluding tert-OH is 1. The molecule has 1 aromatic heterocycles. The van der Waals surface area contributed by atoms with Crippen LogP contribution < -0.4 is 0 Å². The third-order valence-corrected chi connectivity index (χ3v) is 6.75. The molecule has 2 atom stereocenters. The Morgan fingerprint density at radius 2 is 1.87 bits per heavy atom. The van der Waals surface area contributed by atoms with Crippen molar-refractivity contribution in [2.24, 2.45) is 7.05 Å². The number of fused-ring (bicyclic) bond motifs is 1. The number of nitrogens with zero attached hydrogens (tertiary/aromatic N) is 3. The van der Waals surface area contributed by atoms with E-state index in [0.29, 0.717) is 12.0 Å². The molecule has 2 aromatic rings. The van der Waals surface area contributed by atoms with Crippen molar-refractivity contribution in [3.63, 3.8) is 0 Å². The van der Waals surface area contributed by atoms with Crippen LogP contribution in [0.5, 0.6) is 0 Å². The van der Waals surface area contributed by atoms with E-state index in [9.17, 15) is 13.5 Å². The lowest BCUT2D eigenvalue weighted by Crippen LogP contribution is -2.46. The van der Waals surface area contributed by atoms with Crippen LogP contribution in [0.25, 0.3) is 0 Å². The smallest absolute Gasteiger partial charge is 0.243 e. The van der Waals surface area contributed by atoms with Crippen molar-refractivity contribution in [1.82, 2.24) is 14.1 Å². The van der Waals surface area contributed by atoms with Gasteiger partial charge in [-0.3, -0.25) is 4.68 Å². The Morgan fingerprint density at radius 3 is 2.48 bits per heavy atom. The van der Waals surface area contributed by atoms with Crippen LogP contribution in [0.15, 0.2) is 29.2 Å². The van der Waals surface area contributed by atoms with E-state index < -0.39 is 22.2 Å². The first-order valence-corrected chi connectivity index (χ1v) is 8.93. The average Bonchev–Trinajstić information content (AvgIpc) is 2.75. The highest BCUT2D eigenvalue weighted by atomic mass is 32.2. The Kier molecular flexibility index (Phi) is 3.82. The molecule has 2 heterocycles. The zero-order chi connectivity index (χ0) is 16.9. The quantitative estimate of drug-likeness (QED) is 0.898. The van der Waals surface area contributed by atoms with Gasteiger partial charge in [0.2, 0.25) is 10.0 Å². The third kappa shape index (κ3) is 2.39. The van der Waals surface area contributed by atoms with Crippen LogP contribution in [0, 0.1) is 13.8 Å². The summed E-state index contributed by atoms with van der Waals surface area (Å²) in [6, 6.07) is 6.10. The molecule has 0 bridgehead atoms. The van der Waals surface area contributed by atoms with Crippen LogP contribution >= 0.6 is 0 Å². The van der Waals surface area contributed by atoms with Crippen molar-refractivity contribution in [1.29, 1.82) is 0 Å². The van der Waals surface area contributed by atoms with Crippen LogP contribution in [-0.4, -0.2) is 40.7 Å². The Hall–Kier alpha value is -1.70. The summed E-state index contributed by atoms with van der Waals surface area (Å²) >= 11 is 0. The summed E-state index contributed by atoms with van der Waals surface area (Å²) in [5.41, 5.74) is 3.30. The van der Waals surface area contributed by atoms with Gasteiger partial charge in [-0.2, -0.15) is 9.40 Å². The molecule has 0 radical (unpaired) electrons. The largest absolute Gasteiger partial charge is 0.387 e. The Morgan fingerprint density at radius 1 is 1.22 bits per heavy atom. The van der Waals surface area contributed by atoms with Crippen molar-refractivity contribution < 1.29 is 13.5 Å². The monoisotopic (exact) mass is 335 g/mol. The molecule has 7 heteroatoms. The summed E-state index contributed by atoms with van der Waals surface area (Å²) in [6.07, 6.45) is -0.435. The number of likely N-dealkylation sites (N-methyl/N-ethyl adjacent to an activating group) is 1. The van der Waals surface area contributed by atoms with E-state index in [0.717, 1.165) is 17.0 Å². The number of rotatable bonds is 2. The number of aromatic nitrogens is 2. The number of hydrogen-bond acceptors (Lipinski definition) is 4. The summed E-state index contributed by atoms with van der Waals surface area (Å²) in [7, 11) is -0.208. The van der Waals surface area contributed by atoms with Gasteiger partial charge in [-0.05, 0) is 31.9 Å². The van der Waals surface area contributed by atoms with E-state index in [4.69, 9.17) is 0 Å². The second-order valence-electron chi connectivity index (χ2n) is 6.05. The third-order valence-electron chi connectivity index (χ3n) is 4.80. The molecule has 1 aliphatic rings. The predicted octanol–water partition coefficient (Wildman–Crippen LogP) is 1.32. The highest BCUT2D eigenvalue weighted by Crippen LogP contribution is 2.37. The first kappa shape index (κ1) is 16.2. The molecule has 1 aromatic carbocycles. The van der Waals surface area contributed by atoms with Crippen molar-refractivity contribution >= 4 is 10.0 Å². The maximum Gasteiger partial charge on any atom is 0.243 e. The van der Waals surface area contributed by atoms with Crippen molar-refractivity contribution in [3.05, 3.63) is 46.8 Å². The minimum absolute atomic E-state index is 0.186. The minimum atomic E-state index is -3.60. The maximum atomic E-state index is 12.7. The van der Waals surface area contributed by atoms with Crippen LogP contribution in [0.4, 0.5) is 0 Å². The molecular weight excluding hydrogens is 314 g/mol. The van der Waals surface area contributed by atoms with Crippen molar-refractivity contribution in [2.45, 2.75) is 37.3 Å². The molecular formula is C16H21N3O3S. The molecule has 6 nitrogen and oxygen atoms in total. The number of aryl methyl sites for hydroxylation is 2. The summed E-state index contributed by atoms with van der Waals surface area (Å²) in [6.45, 7) is 3.85. The van der Waals surface area contributed by atoms with E-state index in [-0.39, 0.29) is 4.90 Å². The molecule has 23 heavy (non-hydrogen) atoms. The van der Waals surface area contributed by atoms with Gasteiger partial charge in [0, 0.05) is 25.4 Å². The van der Waals surface area contributed by atoms with Gasteiger partial charge in [-0.25, -0.2) is 8.42 Å². The van der Waals surface area contributed by atoms with Gasteiger partial charge in [-0.1, -0.05) is 18.2 Å². The zero-order valence-corrected chi connectivity index (χ0v) is 14.5. The molecule has 124 valence electrons. The van der Waals surface area contributed by atoms with Crippen LogP contribution in [0.2, 0.25) is 0 Å². The average molecular weight is 335 g/mol. The van der Waals surface area contributed by atoms with Gasteiger partial charge in [0.25, 0.3) is 0 Å². The molecule has 3 rings (SSSR count). The second-order valence-corrected chi connectivity index (χ2v) is 8.01. The SMILES string of the molecule is Cc1nn(C)c(C)c1CC1C(O)c2ccccc2S(=O)(=O)N1C. The highest BCUT2D eigenvalue weighted by molar-refractivity contribution is 7.89. The first-order chi connectivity index (χ1) is 10.7. The second kappa shape index (κ2) is 5.43. The fourth-order valence-corrected chi connectivity index (χ4v) is 4.86. The van der Waals surface area contributed by atoms with Gasteiger partial charge >= 0.3 is 0 Å². The van der Waals surface area contributed by atoms with Gasteiger partial charge < -0.3 is 5.11 Å². The predicted molar refractivity (Wildman–Crippen MR) is 86.5 cm³/mol. The summed E-state index contributed by atoms with van der Waals surface area (Å²) < 4.78 is 28.5. The van der Waals surface area contributed by atoms with Crippen LogP contribution in [-0.2, 0) is 23.5 Å². The summed E-state index contributed by atoms with van der Waals surface area (Å²) in [5, 5.41) is 15.1. The van der Waals surface area contributed by atoms with E-state index in [2.05, 4.69) is 5.10 Å². The number of hydrogen-bond donors (Lipinski definition) is 1. The molecule has 0 saturated carbocycles.